The quantitative estimate of drug-likeness (QED) is 0.806. The summed E-state index contributed by atoms with van der Waals surface area (Å²) < 4.78 is 0. The number of hydrogen-bond acceptors (Lipinski definition) is 3. The molecule has 0 saturated heterocycles. The van der Waals surface area contributed by atoms with Gasteiger partial charge in [0, 0.05) is 10.6 Å². The van der Waals surface area contributed by atoms with Gasteiger partial charge in [-0.1, -0.05) is 23.7 Å². The fourth-order valence-electron chi connectivity index (χ4n) is 2.41. The van der Waals surface area contributed by atoms with Gasteiger partial charge in [-0.05, 0) is 37.5 Å². The van der Waals surface area contributed by atoms with Crippen LogP contribution in [0.15, 0.2) is 30.3 Å². The molecule has 0 unspecified atom stereocenters. The molecular weight excluding hydrogens is 306 g/mol. The van der Waals surface area contributed by atoms with E-state index in [2.05, 4.69) is 15.5 Å². The van der Waals surface area contributed by atoms with Crippen LogP contribution in [0.25, 0.3) is 11.3 Å². The largest absolute Gasteiger partial charge is 0.480 e. The molecular formula is C15H14ClN3O3. The van der Waals surface area contributed by atoms with E-state index < -0.39 is 17.4 Å². The maximum atomic E-state index is 12.2. The van der Waals surface area contributed by atoms with Crippen LogP contribution in [0.2, 0.25) is 5.02 Å². The average Bonchev–Trinajstić information content (AvgIpc) is 2.93. The predicted molar refractivity (Wildman–Crippen MR) is 80.7 cm³/mol. The van der Waals surface area contributed by atoms with E-state index in [1.54, 1.807) is 30.3 Å². The Hall–Kier alpha value is -2.34. The van der Waals surface area contributed by atoms with Crippen molar-refractivity contribution in [1.29, 1.82) is 0 Å². The first-order chi connectivity index (χ1) is 10.5. The molecule has 0 radical (unpaired) electrons. The number of halogens is 1. The molecule has 6 nitrogen and oxygen atoms in total. The lowest BCUT2D eigenvalue weighted by atomic mass is 9.76. The minimum absolute atomic E-state index is 0.234. The number of carbonyl (C=O) groups is 2. The Morgan fingerprint density at radius 2 is 1.95 bits per heavy atom. The number of benzene rings is 1. The van der Waals surface area contributed by atoms with Gasteiger partial charge in [-0.25, -0.2) is 4.79 Å². The normalized spacial score (nSPS) is 15.9. The van der Waals surface area contributed by atoms with Crippen molar-refractivity contribution in [1.82, 2.24) is 15.5 Å². The molecule has 3 rings (SSSR count). The summed E-state index contributed by atoms with van der Waals surface area (Å²) >= 11 is 5.83. The Morgan fingerprint density at radius 3 is 2.50 bits per heavy atom. The van der Waals surface area contributed by atoms with Crippen molar-refractivity contribution in [3.05, 3.63) is 41.0 Å². The molecule has 3 N–H and O–H groups in total. The monoisotopic (exact) mass is 319 g/mol. The standard InChI is InChI=1S/C15H14ClN3O3/c16-10-4-2-9(3-5-10)11-8-12(19-18-11)13(20)17-15(14(21)22)6-1-7-15/h2-5,8H,1,6-7H2,(H,17,20)(H,18,19)(H,21,22). The number of H-pyrrole nitrogens is 1. The zero-order valence-corrected chi connectivity index (χ0v) is 12.4. The molecule has 1 saturated carbocycles. The molecule has 1 aromatic carbocycles. The van der Waals surface area contributed by atoms with Crippen molar-refractivity contribution in [3.8, 4) is 11.3 Å². The molecule has 1 aromatic heterocycles. The highest BCUT2D eigenvalue weighted by atomic mass is 35.5. The number of nitrogens with zero attached hydrogens (tertiary/aromatic N) is 1. The van der Waals surface area contributed by atoms with Gasteiger partial charge in [-0.3, -0.25) is 9.89 Å². The number of hydrogen-bond donors (Lipinski definition) is 3. The van der Waals surface area contributed by atoms with Gasteiger partial charge in [0.1, 0.15) is 11.2 Å². The van der Waals surface area contributed by atoms with E-state index in [1.165, 1.54) is 0 Å². The van der Waals surface area contributed by atoms with Crippen LogP contribution in [0.5, 0.6) is 0 Å². The molecule has 2 aromatic rings. The van der Waals surface area contributed by atoms with E-state index in [0.29, 0.717) is 23.6 Å². The molecule has 0 aliphatic heterocycles. The first kappa shape index (κ1) is 14.6. The number of carboxylic acids is 1. The van der Waals surface area contributed by atoms with Crippen LogP contribution >= 0.6 is 11.6 Å². The summed E-state index contributed by atoms with van der Waals surface area (Å²) in [6.45, 7) is 0. The smallest absolute Gasteiger partial charge is 0.329 e. The summed E-state index contributed by atoms with van der Waals surface area (Å²) in [5.74, 6) is -1.46. The second kappa shape index (κ2) is 5.46. The lowest BCUT2D eigenvalue weighted by Crippen LogP contribution is -2.59. The summed E-state index contributed by atoms with van der Waals surface area (Å²) in [5, 5.41) is 19.2. The number of aromatic amines is 1. The Morgan fingerprint density at radius 1 is 1.27 bits per heavy atom. The van der Waals surface area contributed by atoms with Crippen LogP contribution in [0.1, 0.15) is 29.8 Å². The average molecular weight is 320 g/mol. The van der Waals surface area contributed by atoms with Gasteiger partial charge in [0.2, 0.25) is 0 Å². The molecule has 0 bridgehead atoms. The fourth-order valence-corrected chi connectivity index (χ4v) is 2.54. The third-order valence-corrected chi connectivity index (χ3v) is 4.18. The molecule has 1 heterocycles. The van der Waals surface area contributed by atoms with Crippen LogP contribution in [0, 0.1) is 0 Å². The number of aromatic nitrogens is 2. The maximum Gasteiger partial charge on any atom is 0.329 e. The van der Waals surface area contributed by atoms with E-state index in [9.17, 15) is 14.7 Å². The third kappa shape index (κ3) is 2.57. The van der Waals surface area contributed by atoms with Gasteiger partial charge >= 0.3 is 5.97 Å². The summed E-state index contributed by atoms with van der Waals surface area (Å²) in [6, 6.07) is 8.65. The molecule has 7 heteroatoms. The molecule has 1 aliphatic rings. The zero-order valence-electron chi connectivity index (χ0n) is 11.6. The van der Waals surface area contributed by atoms with Gasteiger partial charge in [0.15, 0.2) is 0 Å². The Labute approximate surface area is 131 Å². The summed E-state index contributed by atoms with van der Waals surface area (Å²) in [5.41, 5.74) is 0.511. The molecule has 0 atom stereocenters. The van der Waals surface area contributed by atoms with Crippen LogP contribution in [-0.4, -0.2) is 32.7 Å². The van der Waals surface area contributed by atoms with Crippen LogP contribution in [0.3, 0.4) is 0 Å². The van der Waals surface area contributed by atoms with Gasteiger partial charge in [-0.2, -0.15) is 5.10 Å². The SMILES string of the molecule is O=C(NC1(C(=O)O)CCC1)c1cc(-c2ccc(Cl)cc2)n[nH]1. The number of carbonyl (C=O) groups excluding carboxylic acids is 1. The van der Waals surface area contributed by atoms with Gasteiger partial charge in [0.05, 0.1) is 5.69 Å². The lowest BCUT2D eigenvalue weighted by Gasteiger charge is -2.37. The third-order valence-electron chi connectivity index (χ3n) is 3.93. The number of rotatable bonds is 4. The molecule has 0 spiro atoms. The topological polar surface area (TPSA) is 95.1 Å². The molecule has 22 heavy (non-hydrogen) atoms. The first-order valence-corrected chi connectivity index (χ1v) is 7.25. The fraction of sp³-hybridized carbons (Fsp3) is 0.267. The number of nitrogens with one attached hydrogen (secondary N) is 2. The van der Waals surface area contributed by atoms with Crippen molar-refractivity contribution in [2.75, 3.05) is 0 Å². The van der Waals surface area contributed by atoms with Crippen molar-refractivity contribution < 1.29 is 14.7 Å². The maximum absolute atomic E-state index is 12.2. The van der Waals surface area contributed by atoms with Gasteiger partial charge in [0.25, 0.3) is 5.91 Å². The lowest BCUT2D eigenvalue weighted by molar-refractivity contribution is -0.148. The molecule has 1 fully saturated rings. The van der Waals surface area contributed by atoms with Crippen molar-refractivity contribution in [2.24, 2.45) is 0 Å². The number of carboxylic acid groups (broad SMARTS) is 1. The Bertz CT molecular complexity index is 720. The highest BCUT2D eigenvalue weighted by molar-refractivity contribution is 6.30. The second-order valence-electron chi connectivity index (χ2n) is 5.37. The van der Waals surface area contributed by atoms with Crippen molar-refractivity contribution in [2.45, 2.75) is 24.8 Å². The van der Waals surface area contributed by atoms with Gasteiger partial charge in [-0.15, -0.1) is 0 Å². The molecule has 1 amide bonds. The zero-order chi connectivity index (χ0) is 15.7. The van der Waals surface area contributed by atoms with Crippen LogP contribution in [0.4, 0.5) is 0 Å². The minimum Gasteiger partial charge on any atom is -0.480 e. The number of aliphatic carboxylic acids is 1. The Balaban J connectivity index is 1.77. The highest BCUT2D eigenvalue weighted by Gasteiger charge is 2.45. The highest BCUT2D eigenvalue weighted by Crippen LogP contribution is 2.32. The van der Waals surface area contributed by atoms with E-state index in [0.717, 1.165) is 12.0 Å². The van der Waals surface area contributed by atoms with E-state index in [1.807, 2.05) is 0 Å². The van der Waals surface area contributed by atoms with Crippen LogP contribution in [-0.2, 0) is 4.79 Å². The van der Waals surface area contributed by atoms with Crippen LogP contribution < -0.4 is 5.32 Å². The number of amides is 1. The van der Waals surface area contributed by atoms with E-state index >= 15 is 0 Å². The van der Waals surface area contributed by atoms with Crippen molar-refractivity contribution >= 4 is 23.5 Å². The molecule has 114 valence electrons. The van der Waals surface area contributed by atoms with Gasteiger partial charge < -0.3 is 10.4 Å². The minimum atomic E-state index is -1.14. The van der Waals surface area contributed by atoms with E-state index in [4.69, 9.17) is 11.6 Å². The van der Waals surface area contributed by atoms with Crippen molar-refractivity contribution in [3.63, 3.8) is 0 Å². The predicted octanol–water partition coefficient (Wildman–Crippen LogP) is 2.47. The summed E-state index contributed by atoms with van der Waals surface area (Å²) in [4.78, 5) is 23.5. The second-order valence-corrected chi connectivity index (χ2v) is 5.81. The molecule has 1 aliphatic carbocycles. The summed E-state index contributed by atoms with van der Waals surface area (Å²) in [6.07, 6.45) is 1.70. The Kier molecular flexibility index (Phi) is 3.62. The van der Waals surface area contributed by atoms with E-state index in [-0.39, 0.29) is 5.69 Å². The summed E-state index contributed by atoms with van der Waals surface area (Å²) in [7, 11) is 0. The first-order valence-electron chi connectivity index (χ1n) is 6.87.